The Morgan fingerprint density at radius 1 is 1.08 bits per heavy atom. The summed E-state index contributed by atoms with van der Waals surface area (Å²) in [7, 11) is 3.02. The highest BCUT2D eigenvalue weighted by atomic mass is 16.5. The Morgan fingerprint density at radius 3 is 2.46 bits per heavy atom. The van der Waals surface area contributed by atoms with Gasteiger partial charge in [0, 0.05) is 18.2 Å². The number of nitrogens with one attached hydrogen (secondary N) is 1. The van der Waals surface area contributed by atoms with Crippen molar-refractivity contribution >= 4 is 11.9 Å². The van der Waals surface area contributed by atoms with E-state index in [2.05, 4.69) is 5.32 Å². The summed E-state index contributed by atoms with van der Waals surface area (Å²) in [6.07, 6.45) is -0.894. The molecule has 1 unspecified atom stereocenters. The number of carboxylic acid groups (broad SMARTS) is 1. The number of para-hydroxylation sites is 1. The number of rotatable bonds is 8. The molecule has 0 spiro atoms. The van der Waals surface area contributed by atoms with Gasteiger partial charge >= 0.3 is 5.97 Å². The fourth-order valence-electron chi connectivity index (χ4n) is 2.32. The lowest BCUT2D eigenvalue weighted by Gasteiger charge is -2.17. The van der Waals surface area contributed by atoms with Crippen LogP contribution in [0.2, 0.25) is 0 Å². The average Bonchev–Trinajstić information content (AvgIpc) is 2.65. The van der Waals surface area contributed by atoms with Gasteiger partial charge in [-0.05, 0) is 25.1 Å². The van der Waals surface area contributed by atoms with Crippen molar-refractivity contribution in [3.63, 3.8) is 0 Å². The van der Waals surface area contributed by atoms with Crippen molar-refractivity contribution in [2.45, 2.75) is 19.6 Å². The Bertz CT molecular complexity index is 789. The van der Waals surface area contributed by atoms with Gasteiger partial charge in [0.15, 0.2) is 6.10 Å². The van der Waals surface area contributed by atoms with Crippen LogP contribution in [0.15, 0.2) is 42.5 Å². The molecule has 0 fully saturated rings. The number of carboxylic acids is 1. The molecule has 0 aromatic heterocycles. The van der Waals surface area contributed by atoms with Crippen molar-refractivity contribution in [3.05, 3.63) is 53.6 Å². The first-order valence-electron chi connectivity index (χ1n) is 7.93. The summed E-state index contributed by atoms with van der Waals surface area (Å²) in [5.41, 5.74) is 0.776. The zero-order valence-electron chi connectivity index (χ0n) is 14.8. The largest absolute Gasteiger partial charge is 0.497 e. The third-order valence-electron chi connectivity index (χ3n) is 3.74. The monoisotopic (exact) mass is 359 g/mol. The zero-order chi connectivity index (χ0) is 19.1. The third kappa shape index (κ3) is 4.66. The normalized spacial score (nSPS) is 11.3. The van der Waals surface area contributed by atoms with Gasteiger partial charge < -0.3 is 24.6 Å². The van der Waals surface area contributed by atoms with Crippen LogP contribution in [0.4, 0.5) is 0 Å². The summed E-state index contributed by atoms with van der Waals surface area (Å²) in [6, 6.07) is 11.7. The lowest BCUT2D eigenvalue weighted by Crippen LogP contribution is -2.36. The molecule has 0 saturated heterocycles. The molecule has 2 aromatic rings. The van der Waals surface area contributed by atoms with Crippen molar-refractivity contribution in [2.24, 2.45) is 0 Å². The van der Waals surface area contributed by atoms with Crippen LogP contribution in [-0.2, 0) is 11.3 Å². The molecule has 138 valence electrons. The van der Waals surface area contributed by atoms with Crippen LogP contribution in [0.1, 0.15) is 22.8 Å². The zero-order valence-corrected chi connectivity index (χ0v) is 14.8. The summed E-state index contributed by atoms with van der Waals surface area (Å²) in [6.45, 7) is 1.81. The minimum Gasteiger partial charge on any atom is -0.497 e. The average molecular weight is 359 g/mol. The lowest BCUT2D eigenvalue weighted by molar-refractivity contribution is -0.127. The number of aromatic carboxylic acids is 1. The van der Waals surface area contributed by atoms with E-state index in [1.165, 1.54) is 25.3 Å². The van der Waals surface area contributed by atoms with Crippen molar-refractivity contribution in [3.8, 4) is 17.2 Å². The fourth-order valence-corrected chi connectivity index (χ4v) is 2.32. The SMILES string of the molecule is COc1ccc(C(=O)O)c(OC(C)C(=O)NCc2ccccc2OC)c1. The number of amides is 1. The molecule has 1 atom stereocenters. The summed E-state index contributed by atoms with van der Waals surface area (Å²) in [4.78, 5) is 23.6. The van der Waals surface area contributed by atoms with E-state index in [-0.39, 0.29) is 23.8 Å². The summed E-state index contributed by atoms with van der Waals surface area (Å²) >= 11 is 0. The molecule has 0 saturated carbocycles. The summed E-state index contributed by atoms with van der Waals surface area (Å²) in [5, 5.41) is 12.0. The number of carbonyl (C=O) groups is 2. The van der Waals surface area contributed by atoms with E-state index in [0.717, 1.165) is 5.56 Å². The highest BCUT2D eigenvalue weighted by Gasteiger charge is 2.19. The predicted molar refractivity (Wildman–Crippen MR) is 94.9 cm³/mol. The predicted octanol–water partition coefficient (Wildman–Crippen LogP) is 2.49. The van der Waals surface area contributed by atoms with Crippen LogP contribution in [-0.4, -0.2) is 37.3 Å². The van der Waals surface area contributed by atoms with E-state index in [9.17, 15) is 14.7 Å². The highest BCUT2D eigenvalue weighted by Crippen LogP contribution is 2.26. The van der Waals surface area contributed by atoms with Gasteiger partial charge in [0.25, 0.3) is 5.91 Å². The molecule has 0 aliphatic carbocycles. The third-order valence-corrected chi connectivity index (χ3v) is 3.74. The van der Waals surface area contributed by atoms with Crippen molar-refractivity contribution in [1.29, 1.82) is 0 Å². The van der Waals surface area contributed by atoms with Gasteiger partial charge in [0.05, 0.1) is 14.2 Å². The summed E-state index contributed by atoms with van der Waals surface area (Å²) in [5.74, 6) is -0.356. The number of hydrogen-bond acceptors (Lipinski definition) is 5. The van der Waals surface area contributed by atoms with Crippen molar-refractivity contribution in [2.75, 3.05) is 14.2 Å². The second-order valence-electron chi connectivity index (χ2n) is 5.46. The molecule has 1 amide bonds. The van der Waals surface area contributed by atoms with Gasteiger partial charge in [-0.3, -0.25) is 4.79 Å². The standard InChI is InChI=1S/C19H21NO6/c1-12(18(21)20-11-13-6-4-5-7-16(13)25-3)26-17-10-14(24-2)8-9-15(17)19(22)23/h4-10,12H,11H2,1-3H3,(H,20,21)(H,22,23). The number of benzene rings is 2. The topological polar surface area (TPSA) is 94.1 Å². The van der Waals surface area contributed by atoms with Crippen LogP contribution in [0.3, 0.4) is 0 Å². The molecule has 0 radical (unpaired) electrons. The Labute approximate surface area is 151 Å². The van der Waals surface area contributed by atoms with Gasteiger partial charge in [0.2, 0.25) is 0 Å². The van der Waals surface area contributed by atoms with Gasteiger partial charge in [0.1, 0.15) is 22.8 Å². The Hall–Kier alpha value is -3.22. The summed E-state index contributed by atoms with van der Waals surface area (Å²) < 4.78 is 15.9. The molecule has 7 heteroatoms. The van der Waals surface area contributed by atoms with Crippen LogP contribution in [0, 0.1) is 0 Å². The first-order chi connectivity index (χ1) is 12.5. The first kappa shape index (κ1) is 19.1. The van der Waals surface area contributed by atoms with E-state index in [1.807, 2.05) is 18.2 Å². The second kappa shape index (κ2) is 8.75. The number of hydrogen-bond donors (Lipinski definition) is 2. The first-order valence-corrected chi connectivity index (χ1v) is 7.93. The minimum absolute atomic E-state index is 0.0461. The van der Waals surface area contributed by atoms with Gasteiger partial charge in [-0.15, -0.1) is 0 Å². The molecule has 0 bridgehead atoms. The maximum absolute atomic E-state index is 12.3. The highest BCUT2D eigenvalue weighted by molar-refractivity contribution is 5.91. The number of ether oxygens (including phenoxy) is 3. The maximum Gasteiger partial charge on any atom is 0.339 e. The molecule has 26 heavy (non-hydrogen) atoms. The molecular formula is C19H21NO6. The maximum atomic E-state index is 12.3. The molecule has 2 N–H and O–H groups in total. The Balaban J connectivity index is 2.06. The van der Waals surface area contributed by atoms with E-state index < -0.39 is 12.1 Å². The molecule has 0 heterocycles. The van der Waals surface area contributed by atoms with Gasteiger partial charge in [-0.25, -0.2) is 4.79 Å². The van der Waals surface area contributed by atoms with Crippen LogP contribution >= 0.6 is 0 Å². The van der Waals surface area contributed by atoms with E-state index in [1.54, 1.807) is 20.1 Å². The number of carbonyl (C=O) groups excluding carboxylic acids is 1. The smallest absolute Gasteiger partial charge is 0.339 e. The van der Waals surface area contributed by atoms with E-state index in [0.29, 0.717) is 11.5 Å². The van der Waals surface area contributed by atoms with Crippen LogP contribution < -0.4 is 19.5 Å². The molecule has 2 rings (SSSR count). The van der Waals surface area contributed by atoms with Crippen LogP contribution in [0.25, 0.3) is 0 Å². The molecule has 0 aliphatic heterocycles. The van der Waals surface area contributed by atoms with Crippen molar-refractivity contribution in [1.82, 2.24) is 5.32 Å². The van der Waals surface area contributed by atoms with Gasteiger partial charge in [-0.2, -0.15) is 0 Å². The molecule has 0 aliphatic rings. The quantitative estimate of drug-likeness (QED) is 0.752. The van der Waals surface area contributed by atoms with Gasteiger partial charge in [-0.1, -0.05) is 18.2 Å². The van der Waals surface area contributed by atoms with E-state index in [4.69, 9.17) is 14.2 Å². The second-order valence-corrected chi connectivity index (χ2v) is 5.46. The van der Waals surface area contributed by atoms with Crippen molar-refractivity contribution < 1.29 is 28.9 Å². The molecule has 2 aromatic carbocycles. The lowest BCUT2D eigenvalue weighted by atomic mass is 10.2. The molecule has 7 nitrogen and oxygen atoms in total. The number of methoxy groups -OCH3 is 2. The molecular weight excluding hydrogens is 338 g/mol. The fraction of sp³-hybridized carbons (Fsp3) is 0.263. The Morgan fingerprint density at radius 2 is 1.81 bits per heavy atom. The minimum atomic E-state index is -1.15. The van der Waals surface area contributed by atoms with Crippen LogP contribution in [0.5, 0.6) is 17.2 Å². The Kier molecular flexibility index (Phi) is 6.43. The van der Waals surface area contributed by atoms with E-state index >= 15 is 0 Å².